The van der Waals surface area contributed by atoms with E-state index in [2.05, 4.69) is 24.0 Å². The summed E-state index contributed by atoms with van der Waals surface area (Å²) in [7, 11) is 0. The number of piperidine rings is 1. The van der Waals surface area contributed by atoms with Gasteiger partial charge in [0, 0.05) is 38.5 Å². The summed E-state index contributed by atoms with van der Waals surface area (Å²) in [6.45, 7) is 6.35. The second kappa shape index (κ2) is 9.35. The first-order chi connectivity index (χ1) is 12.7. The maximum Gasteiger partial charge on any atom is 0.242 e. The Balaban J connectivity index is 1.46. The number of rotatable bonds is 6. The maximum atomic E-state index is 12.8. The number of hydroxylamine groups is 2. The number of ether oxygens (including phenoxy) is 1. The fourth-order valence-corrected chi connectivity index (χ4v) is 3.74. The number of benzene rings is 1. The topological polar surface area (TPSA) is 56.2 Å². The van der Waals surface area contributed by atoms with Gasteiger partial charge in [-0.1, -0.05) is 31.5 Å². The van der Waals surface area contributed by atoms with Gasteiger partial charge in [-0.25, -0.2) is 0 Å². The lowest BCUT2D eigenvalue weighted by Crippen LogP contribution is -2.57. The zero-order valence-electron chi connectivity index (χ0n) is 15.7. The van der Waals surface area contributed by atoms with Crippen molar-refractivity contribution in [1.82, 2.24) is 9.96 Å². The van der Waals surface area contributed by atoms with E-state index >= 15 is 0 Å². The minimum atomic E-state index is -0.427. The third-order valence-corrected chi connectivity index (χ3v) is 5.36. The average Bonchev–Trinajstić information content (AvgIpc) is 2.69. The summed E-state index contributed by atoms with van der Waals surface area (Å²) in [5.74, 6) is 0.0484. The predicted octanol–water partition coefficient (Wildman–Crippen LogP) is 2.37. The molecule has 0 spiro atoms. The van der Waals surface area contributed by atoms with E-state index in [4.69, 9.17) is 4.74 Å². The molecule has 2 unspecified atom stereocenters. The fourth-order valence-electron chi connectivity index (χ4n) is 3.74. The molecule has 2 fully saturated rings. The highest BCUT2D eigenvalue weighted by Gasteiger charge is 2.36. The molecule has 0 saturated carbocycles. The zero-order chi connectivity index (χ0) is 18.4. The monoisotopic (exact) mass is 361 g/mol. The van der Waals surface area contributed by atoms with Crippen LogP contribution in [0, 0.1) is 0 Å². The van der Waals surface area contributed by atoms with E-state index in [1.807, 2.05) is 23.1 Å². The third-order valence-electron chi connectivity index (χ3n) is 5.36. The van der Waals surface area contributed by atoms with Crippen LogP contribution in [0.1, 0.15) is 32.6 Å². The van der Waals surface area contributed by atoms with Crippen molar-refractivity contribution in [3.05, 3.63) is 30.3 Å². The molecule has 0 bridgehead atoms. The van der Waals surface area contributed by atoms with Crippen molar-refractivity contribution in [1.29, 1.82) is 0 Å². The minimum Gasteiger partial charge on any atom is -0.377 e. The number of para-hydroxylation sites is 1. The lowest BCUT2D eigenvalue weighted by Gasteiger charge is -2.40. The molecule has 1 aromatic rings. The lowest BCUT2D eigenvalue weighted by atomic mass is 10.0. The van der Waals surface area contributed by atoms with Gasteiger partial charge in [-0.3, -0.25) is 4.79 Å². The van der Waals surface area contributed by atoms with Crippen LogP contribution < -0.4 is 4.90 Å². The first-order valence-electron chi connectivity index (χ1n) is 9.85. The van der Waals surface area contributed by atoms with Crippen molar-refractivity contribution in [3.8, 4) is 0 Å². The third kappa shape index (κ3) is 4.75. The Hall–Kier alpha value is -1.63. The van der Waals surface area contributed by atoms with Crippen molar-refractivity contribution in [2.24, 2.45) is 0 Å². The van der Waals surface area contributed by atoms with Crippen LogP contribution in [0.2, 0.25) is 0 Å². The summed E-state index contributed by atoms with van der Waals surface area (Å²) in [5.41, 5.74) is 1.20. The fraction of sp³-hybridized carbons (Fsp3) is 0.650. The molecule has 2 aliphatic heterocycles. The Morgan fingerprint density at radius 2 is 1.88 bits per heavy atom. The van der Waals surface area contributed by atoms with Crippen LogP contribution in [0.5, 0.6) is 0 Å². The molecule has 0 aromatic heterocycles. The van der Waals surface area contributed by atoms with Crippen molar-refractivity contribution >= 4 is 11.6 Å². The Kier molecular flexibility index (Phi) is 6.88. The number of hydrogen-bond donors (Lipinski definition) is 1. The smallest absolute Gasteiger partial charge is 0.242 e. The molecule has 1 amide bonds. The van der Waals surface area contributed by atoms with Gasteiger partial charge in [0.05, 0.1) is 12.6 Å². The van der Waals surface area contributed by atoms with E-state index in [0.717, 1.165) is 39.0 Å². The van der Waals surface area contributed by atoms with E-state index in [0.29, 0.717) is 26.1 Å². The second-order valence-corrected chi connectivity index (χ2v) is 7.21. The lowest BCUT2D eigenvalue weighted by molar-refractivity contribution is -0.188. The maximum absolute atomic E-state index is 12.8. The molecule has 2 atom stereocenters. The highest BCUT2D eigenvalue weighted by Crippen LogP contribution is 2.22. The quantitative estimate of drug-likeness (QED) is 0.789. The number of carbonyl (C=O) groups is 1. The Morgan fingerprint density at radius 3 is 2.54 bits per heavy atom. The minimum absolute atomic E-state index is 0.0329. The summed E-state index contributed by atoms with van der Waals surface area (Å²) in [6.07, 6.45) is 3.67. The van der Waals surface area contributed by atoms with Crippen LogP contribution in [0.15, 0.2) is 30.3 Å². The molecular weight excluding hydrogens is 330 g/mol. The largest absolute Gasteiger partial charge is 0.377 e. The van der Waals surface area contributed by atoms with E-state index in [1.165, 1.54) is 10.8 Å². The average molecular weight is 361 g/mol. The van der Waals surface area contributed by atoms with Crippen molar-refractivity contribution in [2.45, 2.75) is 44.8 Å². The molecule has 26 heavy (non-hydrogen) atoms. The molecule has 1 aromatic carbocycles. The highest BCUT2D eigenvalue weighted by atomic mass is 16.5. The Morgan fingerprint density at radius 1 is 1.15 bits per heavy atom. The number of piperazine rings is 1. The van der Waals surface area contributed by atoms with Crippen LogP contribution in [-0.2, 0) is 9.53 Å². The van der Waals surface area contributed by atoms with Crippen LogP contribution in [0.3, 0.4) is 0 Å². The van der Waals surface area contributed by atoms with Gasteiger partial charge in [-0.15, -0.1) is 0 Å². The predicted molar refractivity (Wildman–Crippen MR) is 101 cm³/mol. The summed E-state index contributed by atoms with van der Waals surface area (Å²) in [6, 6.07) is 9.87. The summed E-state index contributed by atoms with van der Waals surface area (Å²) < 4.78 is 5.80. The van der Waals surface area contributed by atoms with Gasteiger partial charge in [-0.2, -0.15) is 5.06 Å². The van der Waals surface area contributed by atoms with Crippen LogP contribution in [0.4, 0.5) is 5.69 Å². The van der Waals surface area contributed by atoms with Crippen LogP contribution in [0.25, 0.3) is 0 Å². The van der Waals surface area contributed by atoms with Gasteiger partial charge in [0.25, 0.3) is 0 Å². The van der Waals surface area contributed by atoms with Crippen molar-refractivity contribution in [3.63, 3.8) is 0 Å². The number of anilines is 1. The Labute approximate surface area is 156 Å². The number of nitrogens with zero attached hydrogens (tertiary/aromatic N) is 3. The summed E-state index contributed by atoms with van der Waals surface area (Å²) in [5, 5.41) is 11.5. The summed E-state index contributed by atoms with van der Waals surface area (Å²) in [4.78, 5) is 17.0. The standard InChI is InChI=1S/C20H31N3O3/c1-2-3-15-26-18-9-10-19(23(25)16-18)20(24)22-13-11-21(12-14-22)17-7-5-4-6-8-17/h4-8,18-19,25H,2-3,9-16H2,1H3. The van der Waals surface area contributed by atoms with Gasteiger partial charge in [0.2, 0.25) is 5.91 Å². The van der Waals surface area contributed by atoms with Gasteiger partial charge >= 0.3 is 0 Å². The van der Waals surface area contributed by atoms with Crippen LogP contribution >= 0.6 is 0 Å². The van der Waals surface area contributed by atoms with E-state index < -0.39 is 6.04 Å². The molecule has 0 aliphatic carbocycles. The van der Waals surface area contributed by atoms with E-state index in [-0.39, 0.29) is 12.0 Å². The Bertz CT molecular complexity index is 561. The number of unbranched alkanes of at least 4 members (excludes halogenated alkanes) is 1. The SMILES string of the molecule is CCCCOC1CCC(C(=O)N2CCN(c3ccccc3)CC2)N(O)C1. The van der Waals surface area contributed by atoms with E-state index in [1.54, 1.807) is 0 Å². The van der Waals surface area contributed by atoms with Crippen molar-refractivity contribution < 1.29 is 14.7 Å². The van der Waals surface area contributed by atoms with Crippen LogP contribution in [-0.4, -0.2) is 72.6 Å². The number of hydrogen-bond acceptors (Lipinski definition) is 5. The van der Waals surface area contributed by atoms with Gasteiger partial charge < -0.3 is 19.7 Å². The first kappa shape index (κ1) is 19.1. The van der Waals surface area contributed by atoms with E-state index in [9.17, 15) is 10.0 Å². The normalized spacial score (nSPS) is 24.7. The molecule has 6 nitrogen and oxygen atoms in total. The second-order valence-electron chi connectivity index (χ2n) is 7.21. The molecule has 2 aliphatic rings. The molecule has 0 radical (unpaired) electrons. The van der Waals surface area contributed by atoms with Crippen molar-refractivity contribution in [2.75, 3.05) is 44.2 Å². The molecule has 2 saturated heterocycles. The first-order valence-corrected chi connectivity index (χ1v) is 9.85. The van der Waals surface area contributed by atoms with Gasteiger partial charge in [0.15, 0.2) is 0 Å². The zero-order valence-corrected chi connectivity index (χ0v) is 15.7. The molecule has 1 N–H and O–H groups in total. The molecule has 6 heteroatoms. The molecule has 144 valence electrons. The number of carbonyl (C=O) groups excluding carboxylic acids is 1. The van der Waals surface area contributed by atoms with Gasteiger partial charge in [0.1, 0.15) is 6.04 Å². The molecule has 2 heterocycles. The molecular formula is C20H31N3O3. The summed E-state index contributed by atoms with van der Waals surface area (Å²) >= 11 is 0. The highest BCUT2D eigenvalue weighted by molar-refractivity contribution is 5.82. The van der Waals surface area contributed by atoms with Gasteiger partial charge in [-0.05, 0) is 31.4 Å². The molecule has 3 rings (SSSR count). The number of amides is 1.